The predicted molar refractivity (Wildman–Crippen MR) is 82.4 cm³/mol. The molecule has 2 aliphatic carbocycles. The van der Waals surface area contributed by atoms with Crippen molar-refractivity contribution in [2.75, 3.05) is 0 Å². The molecular weight excluding hydrogens is 204 g/mol. The van der Waals surface area contributed by atoms with Crippen molar-refractivity contribution in [1.29, 1.82) is 0 Å². The van der Waals surface area contributed by atoms with E-state index >= 15 is 0 Å². The molecule has 0 bridgehead atoms. The van der Waals surface area contributed by atoms with E-state index in [1.54, 1.807) is 0 Å². The SMILES string of the molecule is C.CC.C[C@H]1CCC[C@@H]1C.C[C@H]1CCC[C@@H]1C. The van der Waals surface area contributed by atoms with Gasteiger partial charge < -0.3 is 0 Å². The highest BCUT2D eigenvalue weighted by Crippen LogP contribution is 2.30. The molecule has 0 heteroatoms. The Labute approximate surface area is 112 Å². The normalized spacial score (nSPS) is 34.9. The second-order valence-corrected chi connectivity index (χ2v) is 5.77. The van der Waals surface area contributed by atoms with Crippen molar-refractivity contribution in [1.82, 2.24) is 0 Å². The molecule has 0 heterocycles. The van der Waals surface area contributed by atoms with Crippen LogP contribution in [0.15, 0.2) is 0 Å². The van der Waals surface area contributed by atoms with Crippen LogP contribution in [0.3, 0.4) is 0 Å². The molecule has 0 aromatic rings. The largest absolute Gasteiger partial charge is 0.0776 e. The average molecular weight is 242 g/mol. The van der Waals surface area contributed by atoms with Crippen molar-refractivity contribution < 1.29 is 0 Å². The summed E-state index contributed by atoms with van der Waals surface area (Å²) in [6.45, 7) is 13.4. The Morgan fingerprint density at radius 3 is 0.765 bits per heavy atom. The first-order valence-electron chi connectivity index (χ1n) is 7.61. The van der Waals surface area contributed by atoms with Crippen molar-refractivity contribution in [2.24, 2.45) is 23.7 Å². The number of hydrogen-bond acceptors (Lipinski definition) is 0. The van der Waals surface area contributed by atoms with Gasteiger partial charge in [0.15, 0.2) is 0 Å². The van der Waals surface area contributed by atoms with Crippen LogP contribution in [0.5, 0.6) is 0 Å². The van der Waals surface area contributed by atoms with Crippen LogP contribution < -0.4 is 0 Å². The first kappa shape index (κ1) is 19.3. The summed E-state index contributed by atoms with van der Waals surface area (Å²) < 4.78 is 0. The molecule has 0 radical (unpaired) electrons. The molecule has 0 amide bonds. The summed E-state index contributed by atoms with van der Waals surface area (Å²) in [6, 6.07) is 0. The van der Waals surface area contributed by atoms with Gasteiger partial charge in [-0.05, 0) is 23.7 Å². The van der Waals surface area contributed by atoms with Gasteiger partial charge in [-0.1, -0.05) is 87.5 Å². The van der Waals surface area contributed by atoms with Crippen molar-refractivity contribution in [3.63, 3.8) is 0 Å². The summed E-state index contributed by atoms with van der Waals surface area (Å²) >= 11 is 0. The standard InChI is InChI=1S/2C7H14.C2H6.CH4/c2*1-6-4-3-5-7(6)2;1-2;/h2*6-7H,3-5H2,1-2H3;1-2H3;1H4/t2*6-,7-;;/m00../s1. The third kappa shape index (κ3) is 7.84. The van der Waals surface area contributed by atoms with Crippen molar-refractivity contribution >= 4 is 0 Å². The molecule has 106 valence electrons. The van der Waals surface area contributed by atoms with Crippen LogP contribution >= 0.6 is 0 Å². The smallest absolute Gasteiger partial charge is 0.0417 e. The molecule has 17 heavy (non-hydrogen) atoms. The van der Waals surface area contributed by atoms with Gasteiger partial charge in [-0.25, -0.2) is 0 Å². The van der Waals surface area contributed by atoms with Gasteiger partial charge in [0.2, 0.25) is 0 Å². The van der Waals surface area contributed by atoms with Gasteiger partial charge in [0.05, 0.1) is 0 Å². The lowest BCUT2D eigenvalue weighted by Gasteiger charge is -2.05. The minimum Gasteiger partial charge on any atom is -0.0776 e. The van der Waals surface area contributed by atoms with E-state index in [9.17, 15) is 0 Å². The number of rotatable bonds is 0. The Bertz CT molecular complexity index is 116. The zero-order valence-corrected chi connectivity index (χ0v) is 12.6. The molecule has 2 rings (SSSR count). The highest BCUT2D eigenvalue weighted by molar-refractivity contribution is 4.69. The van der Waals surface area contributed by atoms with Gasteiger partial charge in [0.25, 0.3) is 0 Å². The van der Waals surface area contributed by atoms with Crippen LogP contribution in [0.2, 0.25) is 0 Å². The maximum absolute atomic E-state index is 2.36. The Morgan fingerprint density at radius 2 is 0.706 bits per heavy atom. The van der Waals surface area contributed by atoms with E-state index in [4.69, 9.17) is 0 Å². The Balaban J connectivity index is 0. The van der Waals surface area contributed by atoms with E-state index < -0.39 is 0 Å². The van der Waals surface area contributed by atoms with Crippen LogP contribution in [-0.2, 0) is 0 Å². The van der Waals surface area contributed by atoms with Crippen LogP contribution in [0, 0.1) is 23.7 Å². The second kappa shape index (κ2) is 11.1. The lowest BCUT2D eigenvalue weighted by atomic mass is 10.0. The molecule has 0 nitrogen and oxygen atoms in total. The van der Waals surface area contributed by atoms with E-state index in [0.717, 1.165) is 23.7 Å². The van der Waals surface area contributed by atoms with Crippen molar-refractivity contribution in [3.8, 4) is 0 Å². The molecule has 2 aliphatic rings. The van der Waals surface area contributed by atoms with Crippen LogP contribution in [0.1, 0.15) is 87.5 Å². The zero-order chi connectivity index (χ0) is 12.6. The quantitative estimate of drug-likeness (QED) is 0.452. The minimum atomic E-state index is 0. The number of hydrogen-bond donors (Lipinski definition) is 0. The molecule has 2 fully saturated rings. The third-order valence-electron chi connectivity index (χ3n) is 4.58. The van der Waals surface area contributed by atoms with Crippen LogP contribution in [0.4, 0.5) is 0 Å². The Morgan fingerprint density at radius 1 is 0.529 bits per heavy atom. The first-order chi connectivity index (χ1) is 7.61. The molecule has 0 aromatic heterocycles. The first-order valence-corrected chi connectivity index (χ1v) is 7.61. The van der Waals surface area contributed by atoms with Gasteiger partial charge in [0, 0.05) is 0 Å². The maximum atomic E-state index is 2.36. The van der Waals surface area contributed by atoms with Gasteiger partial charge in [-0.15, -0.1) is 0 Å². The Hall–Kier alpha value is 0. The van der Waals surface area contributed by atoms with Gasteiger partial charge >= 0.3 is 0 Å². The highest BCUT2D eigenvalue weighted by Gasteiger charge is 2.18. The van der Waals surface area contributed by atoms with Gasteiger partial charge in [-0.3, -0.25) is 0 Å². The van der Waals surface area contributed by atoms with Crippen molar-refractivity contribution in [3.05, 3.63) is 0 Å². The lowest BCUT2D eigenvalue weighted by molar-refractivity contribution is 0.457. The fourth-order valence-electron chi connectivity index (χ4n) is 2.66. The highest BCUT2D eigenvalue weighted by atomic mass is 14.2. The summed E-state index contributed by atoms with van der Waals surface area (Å²) in [6.07, 6.45) is 8.84. The second-order valence-electron chi connectivity index (χ2n) is 5.77. The van der Waals surface area contributed by atoms with E-state index in [-0.39, 0.29) is 7.43 Å². The van der Waals surface area contributed by atoms with Gasteiger partial charge in [0.1, 0.15) is 0 Å². The molecule has 0 N–H and O–H groups in total. The summed E-state index contributed by atoms with van der Waals surface area (Å²) in [5.41, 5.74) is 0. The van der Waals surface area contributed by atoms with E-state index in [1.807, 2.05) is 13.8 Å². The molecule has 2 saturated carbocycles. The summed E-state index contributed by atoms with van der Waals surface area (Å²) in [7, 11) is 0. The molecular formula is C17H38. The summed E-state index contributed by atoms with van der Waals surface area (Å²) in [5, 5.41) is 0. The Kier molecular flexibility index (Phi) is 12.6. The molecule has 0 unspecified atom stereocenters. The molecule has 0 aliphatic heterocycles. The van der Waals surface area contributed by atoms with Crippen molar-refractivity contribution in [2.45, 2.75) is 87.5 Å². The lowest BCUT2D eigenvalue weighted by Crippen LogP contribution is -1.95. The molecule has 0 saturated heterocycles. The molecule has 0 aromatic carbocycles. The average Bonchev–Trinajstić information content (AvgIpc) is 2.83. The van der Waals surface area contributed by atoms with E-state index in [1.165, 1.54) is 38.5 Å². The molecule has 0 spiro atoms. The maximum Gasteiger partial charge on any atom is -0.0417 e. The summed E-state index contributed by atoms with van der Waals surface area (Å²) in [5.74, 6) is 4.06. The molecule has 4 atom stereocenters. The van der Waals surface area contributed by atoms with E-state index in [0.29, 0.717) is 0 Å². The van der Waals surface area contributed by atoms with Crippen LogP contribution in [-0.4, -0.2) is 0 Å². The van der Waals surface area contributed by atoms with Gasteiger partial charge in [-0.2, -0.15) is 0 Å². The zero-order valence-electron chi connectivity index (χ0n) is 12.6. The fraction of sp³-hybridized carbons (Fsp3) is 1.00. The van der Waals surface area contributed by atoms with Crippen LogP contribution in [0.25, 0.3) is 0 Å². The summed E-state index contributed by atoms with van der Waals surface area (Å²) in [4.78, 5) is 0. The predicted octanol–water partition coefficient (Wildman–Crippen LogP) is 6.55. The topological polar surface area (TPSA) is 0 Å². The third-order valence-corrected chi connectivity index (χ3v) is 4.58. The van der Waals surface area contributed by atoms with E-state index in [2.05, 4.69) is 27.7 Å². The fourth-order valence-corrected chi connectivity index (χ4v) is 2.66. The monoisotopic (exact) mass is 242 g/mol. The minimum absolute atomic E-state index is 0.